The molecule has 0 aromatic heterocycles. The summed E-state index contributed by atoms with van der Waals surface area (Å²) in [5.41, 5.74) is 7.98. The van der Waals surface area contributed by atoms with Crippen LogP contribution in [-0.4, -0.2) is 14.2 Å². The first-order valence-electron chi connectivity index (χ1n) is 10.4. The number of hydrogen-bond acceptors (Lipinski definition) is 2. The summed E-state index contributed by atoms with van der Waals surface area (Å²) in [6.45, 7) is 8.90. The predicted molar refractivity (Wildman–Crippen MR) is 124 cm³/mol. The smallest absolute Gasteiger partial charge is 0.119 e. The van der Waals surface area contributed by atoms with E-state index >= 15 is 0 Å². The maximum atomic E-state index is 5.45. The second kappa shape index (κ2) is 9.17. The molecule has 0 aliphatic carbocycles. The second-order valence-corrected chi connectivity index (χ2v) is 8.22. The number of anilines is 1. The van der Waals surface area contributed by atoms with Crippen molar-refractivity contribution in [1.82, 2.24) is 0 Å². The van der Waals surface area contributed by atoms with Crippen LogP contribution in [0.15, 0.2) is 66.7 Å². The molecule has 0 spiro atoms. The fourth-order valence-electron chi connectivity index (χ4n) is 3.89. The summed E-state index contributed by atoms with van der Waals surface area (Å²) in [7, 11) is 3.93. The van der Waals surface area contributed by atoms with Gasteiger partial charge in [-0.05, 0) is 66.6 Å². The van der Waals surface area contributed by atoms with Crippen molar-refractivity contribution in [3.63, 3.8) is 0 Å². The molecule has 3 rings (SSSR count). The standard InChI is InChI=1S/C27H33NO/c1-19(2)26-18-25(29-6)16-15-23(26)17-24-9-7-8-10-27(24)28(5)21(4)22-13-11-20(3)12-14-22/h7-16,18-19,21H,17H2,1-6H3. The molecule has 0 saturated carbocycles. The average molecular weight is 388 g/mol. The molecule has 2 nitrogen and oxygen atoms in total. The van der Waals surface area contributed by atoms with E-state index in [-0.39, 0.29) is 0 Å². The Kier molecular flexibility index (Phi) is 6.64. The van der Waals surface area contributed by atoms with Crippen LogP contribution in [0.5, 0.6) is 5.75 Å². The topological polar surface area (TPSA) is 12.5 Å². The van der Waals surface area contributed by atoms with Crippen LogP contribution in [0.1, 0.15) is 60.5 Å². The molecule has 3 aromatic rings. The van der Waals surface area contributed by atoms with Gasteiger partial charge in [-0.25, -0.2) is 0 Å². The molecule has 3 aromatic carbocycles. The van der Waals surface area contributed by atoms with E-state index < -0.39 is 0 Å². The van der Waals surface area contributed by atoms with Gasteiger partial charge in [0.05, 0.1) is 13.2 Å². The molecule has 2 heteroatoms. The van der Waals surface area contributed by atoms with Crippen LogP contribution in [-0.2, 0) is 6.42 Å². The number of nitrogens with zero attached hydrogens (tertiary/aromatic N) is 1. The highest BCUT2D eigenvalue weighted by molar-refractivity contribution is 5.57. The monoisotopic (exact) mass is 387 g/mol. The van der Waals surface area contributed by atoms with Crippen molar-refractivity contribution in [2.24, 2.45) is 0 Å². The van der Waals surface area contributed by atoms with Crippen LogP contribution >= 0.6 is 0 Å². The summed E-state index contributed by atoms with van der Waals surface area (Å²) in [4.78, 5) is 2.39. The fourth-order valence-corrected chi connectivity index (χ4v) is 3.89. The third kappa shape index (κ3) is 4.82. The van der Waals surface area contributed by atoms with E-state index in [2.05, 4.69) is 106 Å². The zero-order chi connectivity index (χ0) is 21.0. The molecule has 0 aliphatic rings. The molecule has 0 aliphatic heterocycles. The molecular weight excluding hydrogens is 354 g/mol. The maximum Gasteiger partial charge on any atom is 0.119 e. The van der Waals surface area contributed by atoms with E-state index in [0.29, 0.717) is 12.0 Å². The minimum atomic E-state index is 0.303. The van der Waals surface area contributed by atoms with Gasteiger partial charge in [0, 0.05) is 12.7 Å². The van der Waals surface area contributed by atoms with Gasteiger partial charge in [0.25, 0.3) is 0 Å². The Bertz CT molecular complexity index is 943. The second-order valence-electron chi connectivity index (χ2n) is 8.22. The number of para-hydroxylation sites is 1. The van der Waals surface area contributed by atoms with Crippen LogP contribution in [0, 0.1) is 6.92 Å². The minimum absolute atomic E-state index is 0.303. The van der Waals surface area contributed by atoms with E-state index in [1.807, 2.05) is 0 Å². The van der Waals surface area contributed by atoms with Crippen LogP contribution in [0.25, 0.3) is 0 Å². The number of aryl methyl sites for hydroxylation is 1. The zero-order valence-electron chi connectivity index (χ0n) is 18.6. The van der Waals surface area contributed by atoms with Gasteiger partial charge in [-0.2, -0.15) is 0 Å². The average Bonchev–Trinajstić information content (AvgIpc) is 2.73. The quantitative estimate of drug-likeness (QED) is 0.436. The van der Waals surface area contributed by atoms with Crippen LogP contribution in [0.2, 0.25) is 0 Å². The summed E-state index contributed by atoms with van der Waals surface area (Å²) in [6.07, 6.45) is 0.915. The lowest BCUT2D eigenvalue weighted by Gasteiger charge is -2.30. The van der Waals surface area contributed by atoms with Gasteiger partial charge < -0.3 is 9.64 Å². The van der Waals surface area contributed by atoms with Crippen molar-refractivity contribution in [3.8, 4) is 5.75 Å². The van der Waals surface area contributed by atoms with Gasteiger partial charge in [0.2, 0.25) is 0 Å². The number of rotatable bonds is 7. The van der Waals surface area contributed by atoms with Gasteiger partial charge >= 0.3 is 0 Å². The van der Waals surface area contributed by atoms with Crippen molar-refractivity contribution >= 4 is 5.69 Å². The minimum Gasteiger partial charge on any atom is -0.497 e. The molecule has 0 radical (unpaired) electrons. The van der Waals surface area contributed by atoms with Crippen molar-refractivity contribution in [2.75, 3.05) is 19.1 Å². The van der Waals surface area contributed by atoms with E-state index in [4.69, 9.17) is 4.74 Å². The Hall–Kier alpha value is -2.74. The molecule has 1 unspecified atom stereocenters. The van der Waals surface area contributed by atoms with E-state index in [9.17, 15) is 0 Å². The maximum absolute atomic E-state index is 5.45. The SMILES string of the molecule is COc1ccc(Cc2ccccc2N(C)C(C)c2ccc(C)cc2)c(C(C)C)c1. The van der Waals surface area contributed by atoms with Gasteiger partial charge in [0.15, 0.2) is 0 Å². The van der Waals surface area contributed by atoms with Gasteiger partial charge in [0.1, 0.15) is 5.75 Å². The summed E-state index contributed by atoms with van der Waals surface area (Å²) in [5, 5.41) is 0. The Morgan fingerprint density at radius 2 is 1.55 bits per heavy atom. The number of benzene rings is 3. The summed E-state index contributed by atoms with van der Waals surface area (Å²) in [6, 6.07) is 24.4. The molecule has 0 fully saturated rings. The fraction of sp³-hybridized carbons (Fsp3) is 0.333. The third-order valence-electron chi connectivity index (χ3n) is 5.87. The molecule has 0 saturated heterocycles. The lowest BCUT2D eigenvalue weighted by molar-refractivity contribution is 0.414. The zero-order valence-corrected chi connectivity index (χ0v) is 18.6. The van der Waals surface area contributed by atoms with Crippen molar-refractivity contribution in [1.29, 1.82) is 0 Å². The molecule has 0 N–H and O–H groups in total. The Balaban J connectivity index is 1.92. The molecular formula is C27H33NO. The lowest BCUT2D eigenvalue weighted by Crippen LogP contribution is -2.23. The van der Waals surface area contributed by atoms with Gasteiger partial charge in [-0.15, -0.1) is 0 Å². The summed E-state index contributed by atoms with van der Waals surface area (Å²) < 4.78 is 5.45. The van der Waals surface area contributed by atoms with E-state index in [1.165, 1.54) is 33.5 Å². The summed E-state index contributed by atoms with van der Waals surface area (Å²) >= 11 is 0. The van der Waals surface area contributed by atoms with Crippen molar-refractivity contribution in [3.05, 3.63) is 94.5 Å². The summed E-state index contributed by atoms with van der Waals surface area (Å²) in [5.74, 6) is 1.38. The first-order valence-corrected chi connectivity index (χ1v) is 10.4. The Labute approximate surface area is 176 Å². The van der Waals surface area contributed by atoms with Crippen LogP contribution in [0.3, 0.4) is 0 Å². The highest BCUT2D eigenvalue weighted by Gasteiger charge is 2.17. The van der Waals surface area contributed by atoms with Gasteiger partial charge in [-0.3, -0.25) is 0 Å². The molecule has 0 amide bonds. The molecule has 0 heterocycles. The highest BCUT2D eigenvalue weighted by atomic mass is 16.5. The normalized spacial score (nSPS) is 12.1. The van der Waals surface area contributed by atoms with Crippen molar-refractivity contribution < 1.29 is 4.74 Å². The Morgan fingerprint density at radius 1 is 0.862 bits per heavy atom. The number of ether oxygens (including phenoxy) is 1. The van der Waals surface area contributed by atoms with Crippen molar-refractivity contribution in [2.45, 2.75) is 46.1 Å². The van der Waals surface area contributed by atoms with E-state index in [1.54, 1.807) is 7.11 Å². The predicted octanol–water partition coefficient (Wildman–Crippen LogP) is 6.92. The number of hydrogen-bond donors (Lipinski definition) is 0. The van der Waals surface area contributed by atoms with Crippen LogP contribution < -0.4 is 9.64 Å². The third-order valence-corrected chi connectivity index (χ3v) is 5.87. The lowest BCUT2D eigenvalue weighted by atomic mass is 9.92. The largest absolute Gasteiger partial charge is 0.497 e. The number of methoxy groups -OCH3 is 1. The molecule has 0 bridgehead atoms. The highest BCUT2D eigenvalue weighted by Crippen LogP contribution is 2.32. The molecule has 1 atom stereocenters. The van der Waals surface area contributed by atoms with Gasteiger partial charge in [-0.1, -0.05) is 67.9 Å². The first kappa shape index (κ1) is 21.0. The van der Waals surface area contributed by atoms with E-state index in [0.717, 1.165) is 12.2 Å². The Morgan fingerprint density at radius 3 is 2.21 bits per heavy atom. The molecule has 152 valence electrons. The first-order chi connectivity index (χ1) is 13.9. The van der Waals surface area contributed by atoms with Crippen LogP contribution in [0.4, 0.5) is 5.69 Å². The molecule has 29 heavy (non-hydrogen) atoms.